The fourth-order valence-electron chi connectivity index (χ4n) is 1.49. The van der Waals surface area contributed by atoms with E-state index in [-0.39, 0.29) is 23.8 Å². The molecule has 0 saturated carbocycles. The van der Waals surface area contributed by atoms with Gasteiger partial charge in [0.2, 0.25) is 5.91 Å². The van der Waals surface area contributed by atoms with Gasteiger partial charge in [0.15, 0.2) is 0 Å². The molecule has 0 aliphatic heterocycles. The molecule has 0 heterocycles. The fraction of sp³-hybridized carbons (Fsp3) is 0.600. The van der Waals surface area contributed by atoms with Crippen molar-refractivity contribution in [3.8, 4) is 0 Å². The van der Waals surface area contributed by atoms with Crippen LogP contribution in [0.1, 0.15) is 20.3 Å². The second kappa shape index (κ2) is 4.79. The summed E-state index contributed by atoms with van der Waals surface area (Å²) >= 11 is 0. The van der Waals surface area contributed by atoms with Crippen molar-refractivity contribution in [2.45, 2.75) is 26.3 Å². The summed E-state index contributed by atoms with van der Waals surface area (Å²) in [7, 11) is 0. The summed E-state index contributed by atoms with van der Waals surface area (Å²) in [5.41, 5.74) is 0. The van der Waals surface area contributed by atoms with Crippen molar-refractivity contribution in [3.05, 3.63) is 12.2 Å². The van der Waals surface area contributed by atoms with Gasteiger partial charge in [-0.05, 0) is 6.42 Å². The highest BCUT2D eigenvalue weighted by Crippen LogP contribution is 2.18. The number of nitrogens with one attached hydrogen (secondary N) is 1. The Morgan fingerprint density at radius 3 is 2.71 bits per heavy atom. The van der Waals surface area contributed by atoms with Crippen LogP contribution in [0, 0.1) is 5.92 Å². The molecule has 1 aliphatic carbocycles. The lowest BCUT2D eigenvalue weighted by molar-refractivity contribution is -0.141. The summed E-state index contributed by atoms with van der Waals surface area (Å²) in [5.74, 6) is -0.0649. The third-order valence-electron chi connectivity index (χ3n) is 2.06. The molecule has 0 saturated heterocycles. The first-order chi connectivity index (χ1) is 6.58. The lowest BCUT2D eigenvalue weighted by Crippen LogP contribution is -2.30. The molecule has 0 aromatic heterocycles. The van der Waals surface area contributed by atoms with Crippen molar-refractivity contribution in [2.24, 2.45) is 5.92 Å². The number of ether oxygens (including phenoxy) is 1. The molecule has 0 spiro atoms. The van der Waals surface area contributed by atoms with Crippen LogP contribution in [0.5, 0.6) is 0 Å². The van der Waals surface area contributed by atoms with Crippen LogP contribution in [0.15, 0.2) is 12.2 Å². The molecule has 2 atom stereocenters. The van der Waals surface area contributed by atoms with Gasteiger partial charge in [0.05, 0.1) is 6.61 Å². The maximum atomic E-state index is 10.7. The number of rotatable bonds is 3. The molecule has 0 radical (unpaired) electrons. The van der Waals surface area contributed by atoms with Crippen LogP contribution < -0.4 is 5.32 Å². The molecular formula is C10H15NO3. The van der Waals surface area contributed by atoms with Crippen molar-refractivity contribution < 1.29 is 14.3 Å². The van der Waals surface area contributed by atoms with Crippen molar-refractivity contribution in [1.82, 2.24) is 5.32 Å². The van der Waals surface area contributed by atoms with E-state index in [1.165, 1.54) is 13.8 Å². The fourth-order valence-corrected chi connectivity index (χ4v) is 1.49. The predicted molar refractivity (Wildman–Crippen MR) is 51.5 cm³/mol. The second-order valence-corrected chi connectivity index (χ2v) is 3.49. The van der Waals surface area contributed by atoms with E-state index in [1.807, 2.05) is 12.2 Å². The molecule has 0 unspecified atom stereocenters. The maximum absolute atomic E-state index is 10.7. The summed E-state index contributed by atoms with van der Waals surface area (Å²) in [6.07, 6.45) is 4.73. The SMILES string of the molecule is CC(=O)N[C@H]1C=C[C@@H](COC(C)=O)C1. The van der Waals surface area contributed by atoms with Crippen LogP contribution >= 0.6 is 0 Å². The van der Waals surface area contributed by atoms with Gasteiger partial charge in [0.25, 0.3) is 0 Å². The molecule has 1 N–H and O–H groups in total. The average molecular weight is 197 g/mol. The second-order valence-electron chi connectivity index (χ2n) is 3.49. The van der Waals surface area contributed by atoms with Crippen LogP contribution in [0.3, 0.4) is 0 Å². The highest BCUT2D eigenvalue weighted by molar-refractivity contribution is 5.73. The summed E-state index contributed by atoms with van der Waals surface area (Å²) in [6.45, 7) is 3.29. The van der Waals surface area contributed by atoms with Gasteiger partial charge >= 0.3 is 5.97 Å². The first-order valence-corrected chi connectivity index (χ1v) is 4.66. The number of carbonyl (C=O) groups excluding carboxylic acids is 2. The third kappa shape index (κ3) is 3.60. The number of carbonyl (C=O) groups is 2. The first-order valence-electron chi connectivity index (χ1n) is 4.66. The Morgan fingerprint density at radius 1 is 1.43 bits per heavy atom. The van der Waals surface area contributed by atoms with Gasteiger partial charge in [-0.15, -0.1) is 0 Å². The van der Waals surface area contributed by atoms with E-state index in [1.54, 1.807) is 0 Å². The zero-order chi connectivity index (χ0) is 10.6. The van der Waals surface area contributed by atoms with Crippen LogP contribution in [0.4, 0.5) is 0 Å². The standard InChI is InChI=1S/C10H15NO3/c1-7(12)11-10-4-3-9(5-10)6-14-8(2)13/h3-4,9-10H,5-6H2,1-2H3,(H,11,12)/t9-,10+/m1/s1. The molecule has 0 bridgehead atoms. The number of amides is 1. The van der Waals surface area contributed by atoms with Crippen LogP contribution in [0.25, 0.3) is 0 Å². The van der Waals surface area contributed by atoms with Crippen molar-refractivity contribution in [2.75, 3.05) is 6.61 Å². The highest BCUT2D eigenvalue weighted by Gasteiger charge is 2.19. The minimum atomic E-state index is -0.263. The van der Waals surface area contributed by atoms with Gasteiger partial charge in [0.1, 0.15) is 0 Å². The lowest BCUT2D eigenvalue weighted by atomic mass is 10.1. The van der Waals surface area contributed by atoms with Gasteiger partial charge in [-0.3, -0.25) is 9.59 Å². The summed E-state index contributed by atoms with van der Waals surface area (Å²) in [6, 6.07) is 0.0908. The Kier molecular flexibility index (Phi) is 3.68. The minimum absolute atomic E-state index is 0.0345. The van der Waals surface area contributed by atoms with E-state index >= 15 is 0 Å². The number of esters is 1. The molecule has 4 nitrogen and oxygen atoms in total. The zero-order valence-electron chi connectivity index (χ0n) is 8.45. The topological polar surface area (TPSA) is 55.4 Å². The molecular weight excluding hydrogens is 182 g/mol. The molecule has 0 aromatic carbocycles. The number of hydrogen-bond acceptors (Lipinski definition) is 3. The first kappa shape index (κ1) is 10.8. The maximum Gasteiger partial charge on any atom is 0.302 e. The zero-order valence-corrected chi connectivity index (χ0v) is 8.45. The predicted octanol–water partition coefficient (Wildman–Crippen LogP) is 0.630. The van der Waals surface area contributed by atoms with Gasteiger partial charge < -0.3 is 10.1 Å². The number of hydrogen-bond donors (Lipinski definition) is 1. The average Bonchev–Trinajstić information content (AvgIpc) is 2.47. The van der Waals surface area contributed by atoms with E-state index in [0.717, 1.165) is 6.42 Å². The van der Waals surface area contributed by atoms with Crippen molar-refractivity contribution in [3.63, 3.8) is 0 Å². The van der Waals surface area contributed by atoms with E-state index in [9.17, 15) is 9.59 Å². The van der Waals surface area contributed by atoms with Crippen LogP contribution in [-0.4, -0.2) is 24.5 Å². The highest BCUT2D eigenvalue weighted by atomic mass is 16.5. The molecule has 78 valence electrons. The Balaban J connectivity index is 2.25. The van der Waals surface area contributed by atoms with Crippen molar-refractivity contribution in [1.29, 1.82) is 0 Å². The Labute approximate surface area is 83.3 Å². The Hall–Kier alpha value is -1.32. The molecule has 1 amide bonds. The molecule has 0 fully saturated rings. The monoisotopic (exact) mass is 197 g/mol. The summed E-state index contributed by atoms with van der Waals surface area (Å²) < 4.78 is 4.88. The van der Waals surface area contributed by atoms with E-state index in [4.69, 9.17) is 4.74 Å². The lowest BCUT2D eigenvalue weighted by Gasteiger charge is -2.12. The quantitative estimate of drug-likeness (QED) is 0.533. The normalized spacial score (nSPS) is 24.7. The molecule has 4 heteroatoms. The molecule has 0 aromatic rings. The summed E-state index contributed by atoms with van der Waals surface area (Å²) in [4.78, 5) is 21.3. The van der Waals surface area contributed by atoms with Crippen LogP contribution in [0.2, 0.25) is 0 Å². The van der Waals surface area contributed by atoms with E-state index in [0.29, 0.717) is 6.61 Å². The van der Waals surface area contributed by atoms with E-state index < -0.39 is 0 Å². The third-order valence-corrected chi connectivity index (χ3v) is 2.06. The van der Waals surface area contributed by atoms with Gasteiger partial charge in [0, 0.05) is 25.8 Å². The summed E-state index contributed by atoms with van der Waals surface area (Å²) in [5, 5.41) is 2.79. The molecule has 14 heavy (non-hydrogen) atoms. The Morgan fingerprint density at radius 2 is 2.14 bits per heavy atom. The van der Waals surface area contributed by atoms with Crippen LogP contribution in [-0.2, 0) is 14.3 Å². The Bertz CT molecular complexity index is 260. The molecule has 1 aliphatic rings. The molecule has 1 rings (SSSR count). The van der Waals surface area contributed by atoms with Gasteiger partial charge in [-0.2, -0.15) is 0 Å². The largest absolute Gasteiger partial charge is 0.465 e. The van der Waals surface area contributed by atoms with Gasteiger partial charge in [-0.25, -0.2) is 0 Å². The smallest absolute Gasteiger partial charge is 0.302 e. The van der Waals surface area contributed by atoms with Gasteiger partial charge in [-0.1, -0.05) is 12.2 Å². The van der Waals surface area contributed by atoms with Crippen molar-refractivity contribution >= 4 is 11.9 Å². The minimum Gasteiger partial charge on any atom is -0.465 e. The van der Waals surface area contributed by atoms with E-state index in [2.05, 4.69) is 5.32 Å².